The van der Waals surface area contributed by atoms with E-state index in [1.807, 2.05) is 0 Å². The zero-order valence-electron chi connectivity index (χ0n) is 6.83. The number of ether oxygens (including phenoxy) is 1. The molecule has 0 saturated carbocycles. The van der Waals surface area contributed by atoms with E-state index in [-0.39, 0.29) is 37.0 Å². The van der Waals surface area contributed by atoms with Crippen molar-refractivity contribution in [1.29, 1.82) is 0 Å². The number of halogens is 2. The van der Waals surface area contributed by atoms with E-state index in [0.717, 1.165) is 13.1 Å². The van der Waals surface area contributed by atoms with Gasteiger partial charge in [-0.1, -0.05) is 0 Å². The number of carbonyl (C=O) groups is 1. The van der Waals surface area contributed by atoms with Crippen LogP contribution in [0.5, 0.6) is 0 Å². The molecule has 0 bridgehead atoms. The molecule has 1 heterocycles. The molecule has 6 heteroatoms. The summed E-state index contributed by atoms with van der Waals surface area (Å²) in [7, 11) is 0. The predicted octanol–water partition coefficient (Wildman–Crippen LogP) is -0.0880. The van der Waals surface area contributed by atoms with Crippen LogP contribution >= 0.6 is 24.8 Å². The van der Waals surface area contributed by atoms with Gasteiger partial charge in [-0.3, -0.25) is 10.1 Å². The molecule has 12 heavy (non-hydrogen) atoms. The molecule has 0 aromatic heterocycles. The van der Waals surface area contributed by atoms with E-state index in [9.17, 15) is 4.79 Å². The van der Waals surface area contributed by atoms with Gasteiger partial charge in [-0.25, -0.2) is 0 Å². The first kappa shape index (κ1) is 14.5. The second kappa shape index (κ2) is 7.61. The molecule has 1 aliphatic heterocycles. The van der Waals surface area contributed by atoms with Crippen molar-refractivity contribution in [3.8, 4) is 0 Å². The normalized spacial score (nSPS) is 21.6. The zero-order valence-corrected chi connectivity index (χ0v) is 8.46. The first-order chi connectivity index (χ1) is 4.79. The number of carbonyl (C=O) groups excluding carboxylic acids is 1. The van der Waals surface area contributed by atoms with Crippen LogP contribution in [0, 0.1) is 0 Å². The van der Waals surface area contributed by atoms with Gasteiger partial charge in [-0.15, -0.1) is 24.8 Å². The molecule has 1 atom stereocenters. The van der Waals surface area contributed by atoms with Crippen LogP contribution in [-0.2, 0) is 9.53 Å². The average molecular weight is 217 g/mol. The second-order valence-corrected chi connectivity index (χ2v) is 2.26. The molecule has 1 aliphatic rings. The molecule has 1 rings (SSSR count). The van der Waals surface area contributed by atoms with Crippen LogP contribution in [0.15, 0.2) is 0 Å². The van der Waals surface area contributed by atoms with Gasteiger partial charge >= 0.3 is 5.97 Å². The van der Waals surface area contributed by atoms with Gasteiger partial charge in [-0.2, -0.15) is 0 Å². The summed E-state index contributed by atoms with van der Waals surface area (Å²) in [6, 6.07) is 0. The third kappa shape index (κ3) is 5.60. The fourth-order valence-electron chi connectivity index (χ4n) is 0.911. The lowest BCUT2D eigenvalue weighted by Crippen LogP contribution is -2.50. The summed E-state index contributed by atoms with van der Waals surface area (Å²) in [6.07, 6.45) is -0.133. The molecule has 0 amide bonds. The van der Waals surface area contributed by atoms with Crippen LogP contribution in [0.1, 0.15) is 6.92 Å². The van der Waals surface area contributed by atoms with Gasteiger partial charge < -0.3 is 10.1 Å². The van der Waals surface area contributed by atoms with Crippen LogP contribution in [-0.4, -0.2) is 31.8 Å². The monoisotopic (exact) mass is 216 g/mol. The maximum absolute atomic E-state index is 10.4. The molecule has 0 aromatic carbocycles. The summed E-state index contributed by atoms with van der Waals surface area (Å²) in [6.45, 7) is 3.92. The smallest absolute Gasteiger partial charge is 0.304 e. The van der Waals surface area contributed by atoms with Gasteiger partial charge in [0.15, 0.2) is 6.23 Å². The van der Waals surface area contributed by atoms with Crippen molar-refractivity contribution in [3.63, 3.8) is 0 Å². The van der Waals surface area contributed by atoms with Crippen LogP contribution in [0.25, 0.3) is 0 Å². The molecular formula is C6H14Cl2N2O2. The topological polar surface area (TPSA) is 50.4 Å². The molecule has 1 unspecified atom stereocenters. The minimum atomic E-state index is -0.235. The highest BCUT2D eigenvalue weighted by Gasteiger charge is 2.13. The van der Waals surface area contributed by atoms with E-state index >= 15 is 0 Å². The van der Waals surface area contributed by atoms with Crippen molar-refractivity contribution in [2.24, 2.45) is 0 Å². The average Bonchev–Trinajstić information content (AvgIpc) is 1.88. The Labute approximate surface area is 84.2 Å². The lowest BCUT2D eigenvalue weighted by atomic mass is 10.4. The molecule has 74 valence electrons. The van der Waals surface area contributed by atoms with Crippen LogP contribution in [0.4, 0.5) is 0 Å². The zero-order chi connectivity index (χ0) is 7.40. The van der Waals surface area contributed by atoms with E-state index in [1.54, 1.807) is 0 Å². The summed E-state index contributed by atoms with van der Waals surface area (Å²) >= 11 is 0. The van der Waals surface area contributed by atoms with Gasteiger partial charge in [-0.05, 0) is 0 Å². The number of nitrogens with one attached hydrogen (secondary N) is 2. The minimum Gasteiger partial charge on any atom is -0.445 e. The molecule has 0 aromatic rings. The largest absolute Gasteiger partial charge is 0.445 e. The quantitative estimate of drug-likeness (QED) is 0.603. The Hall–Kier alpha value is -0.0300. The Morgan fingerprint density at radius 3 is 2.50 bits per heavy atom. The molecule has 0 spiro atoms. The van der Waals surface area contributed by atoms with Crippen LogP contribution in [0.2, 0.25) is 0 Å². The van der Waals surface area contributed by atoms with Gasteiger partial charge in [0.2, 0.25) is 0 Å². The molecule has 2 N–H and O–H groups in total. The molecule has 1 saturated heterocycles. The highest BCUT2D eigenvalue weighted by Crippen LogP contribution is 1.89. The van der Waals surface area contributed by atoms with Gasteiger partial charge in [0.1, 0.15) is 0 Å². The minimum absolute atomic E-state index is 0. The first-order valence-corrected chi connectivity index (χ1v) is 3.40. The standard InChI is InChI=1S/C6H12N2O2.2ClH/c1-5(9)10-6-4-7-2-3-8-6;;/h6-8H,2-4H2,1H3;2*1H. The second-order valence-electron chi connectivity index (χ2n) is 2.26. The van der Waals surface area contributed by atoms with E-state index in [0.29, 0.717) is 6.54 Å². The van der Waals surface area contributed by atoms with Gasteiger partial charge in [0.25, 0.3) is 0 Å². The van der Waals surface area contributed by atoms with Crippen molar-refractivity contribution in [3.05, 3.63) is 0 Å². The number of piperazine rings is 1. The molecule has 4 nitrogen and oxygen atoms in total. The summed E-state index contributed by atoms with van der Waals surface area (Å²) in [5, 5.41) is 6.15. The molecule has 0 radical (unpaired) electrons. The predicted molar refractivity (Wildman–Crippen MR) is 50.9 cm³/mol. The summed E-state index contributed by atoms with van der Waals surface area (Å²) in [5.74, 6) is -0.235. The summed E-state index contributed by atoms with van der Waals surface area (Å²) < 4.78 is 4.88. The maximum atomic E-state index is 10.4. The van der Waals surface area contributed by atoms with Crippen molar-refractivity contribution in [1.82, 2.24) is 10.6 Å². The number of hydrogen-bond donors (Lipinski definition) is 2. The Balaban J connectivity index is 0. The summed E-state index contributed by atoms with van der Waals surface area (Å²) in [5.41, 5.74) is 0. The van der Waals surface area contributed by atoms with Crippen molar-refractivity contribution in [2.45, 2.75) is 13.2 Å². The van der Waals surface area contributed by atoms with Gasteiger partial charge in [0.05, 0.1) is 0 Å². The highest BCUT2D eigenvalue weighted by atomic mass is 35.5. The van der Waals surface area contributed by atoms with E-state index in [2.05, 4.69) is 10.6 Å². The lowest BCUT2D eigenvalue weighted by Gasteiger charge is -2.23. The third-order valence-corrected chi connectivity index (χ3v) is 1.31. The molecule has 1 fully saturated rings. The van der Waals surface area contributed by atoms with Crippen LogP contribution < -0.4 is 10.6 Å². The Bertz CT molecular complexity index is 129. The maximum Gasteiger partial charge on any atom is 0.304 e. The van der Waals surface area contributed by atoms with Crippen molar-refractivity contribution in [2.75, 3.05) is 19.6 Å². The summed E-state index contributed by atoms with van der Waals surface area (Å²) in [4.78, 5) is 10.4. The van der Waals surface area contributed by atoms with Gasteiger partial charge in [0, 0.05) is 26.6 Å². The molecule has 0 aliphatic carbocycles. The van der Waals surface area contributed by atoms with E-state index in [4.69, 9.17) is 4.74 Å². The fraction of sp³-hybridized carbons (Fsp3) is 0.833. The molecular weight excluding hydrogens is 203 g/mol. The van der Waals surface area contributed by atoms with Crippen LogP contribution in [0.3, 0.4) is 0 Å². The number of rotatable bonds is 1. The Morgan fingerprint density at radius 2 is 2.08 bits per heavy atom. The lowest BCUT2D eigenvalue weighted by molar-refractivity contribution is -0.148. The SMILES string of the molecule is CC(=O)OC1CNCCN1.Cl.Cl. The Morgan fingerprint density at radius 1 is 1.42 bits per heavy atom. The number of hydrogen-bond acceptors (Lipinski definition) is 4. The van der Waals surface area contributed by atoms with E-state index in [1.165, 1.54) is 6.92 Å². The fourth-order valence-corrected chi connectivity index (χ4v) is 0.911. The third-order valence-electron chi connectivity index (χ3n) is 1.31. The van der Waals surface area contributed by atoms with E-state index < -0.39 is 0 Å². The highest BCUT2D eigenvalue weighted by molar-refractivity contribution is 5.85. The Kier molecular flexibility index (Phi) is 9.19. The van der Waals surface area contributed by atoms with Crippen molar-refractivity contribution >= 4 is 30.8 Å². The van der Waals surface area contributed by atoms with Crippen molar-refractivity contribution < 1.29 is 9.53 Å². The first-order valence-electron chi connectivity index (χ1n) is 3.40. The number of esters is 1.